The lowest BCUT2D eigenvalue weighted by atomic mass is 10.1. The van der Waals surface area contributed by atoms with E-state index in [4.69, 9.17) is 4.42 Å². The smallest absolute Gasteiger partial charge is 0.336 e. The van der Waals surface area contributed by atoms with Gasteiger partial charge in [0.15, 0.2) is 0 Å². The first-order valence-corrected chi connectivity index (χ1v) is 8.49. The number of hydrogen-bond donors (Lipinski definition) is 2. The van der Waals surface area contributed by atoms with E-state index in [1.165, 1.54) is 42.5 Å². The predicted molar refractivity (Wildman–Crippen MR) is 101 cm³/mol. The van der Waals surface area contributed by atoms with Crippen molar-refractivity contribution in [3.63, 3.8) is 0 Å². The summed E-state index contributed by atoms with van der Waals surface area (Å²) in [5.41, 5.74) is 2.99. The summed E-state index contributed by atoms with van der Waals surface area (Å²) in [6, 6.07) is 14.5. The lowest BCUT2D eigenvalue weighted by Gasteiger charge is -2.14. The Balaban J connectivity index is 1.64. The molecule has 0 atom stereocenters. The maximum atomic E-state index is 13.1. The van der Waals surface area contributed by atoms with Crippen molar-refractivity contribution < 1.29 is 28.3 Å². The molecule has 2 aromatic carbocycles. The predicted octanol–water partition coefficient (Wildman–Crippen LogP) is 3.25. The average Bonchev–Trinajstić information content (AvgIpc) is 3.29. The van der Waals surface area contributed by atoms with Crippen LogP contribution in [0, 0.1) is 5.82 Å². The van der Waals surface area contributed by atoms with Crippen LogP contribution in [0.2, 0.25) is 0 Å². The number of aromatic carboxylic acids is 1. The van der Waals surface area contributed by atoms with Crippen LogP contribution >= 0.6 is 0 Å². The van der Waals surface area contributed by atoms with E-state index in [1.54, 1.807) is 24.3 Å². The van der Waals surface area contributed by atoms with Crippen molar-refractivity contribution in [3.8, 4) is 11.3 Å². The van der Waals surface area contributed by atoms with E-state index in [1.807, 2.05) is 0 Å². The molecule has 0 saturated carbocycles. The van der Waals surface area contributed by atoms with Crippen molar-refractivity contribution in [1.82, 2.24) is 5.43 Å². The van der Waals surface area contributed by atoms with Gasteiger partial charge in [0.05, 0.1) is 11.3 Å². The molecule has 0 spiro atoms. The number of hydrogen-bond acceptors (Lipinski definition) is 4. The average molecular weight is 392 g/mol. The number of nitrogens with zero attached hydrogens (tertiary/aromatic N) is 1. The van der Waals surface area contributed by atoms with E-state index in [9.17, 15) is 23.9 Å². The van der Waals surface area contributed by atoms with Gasteiger partial charge in [-0.05, 0) is 48.5 Å². The number of benzene rings is 2. The highest BCUT2D eigenvalue weighted by Crippen LogP contribution is 2.28. The van der Waals surface area contributed by atoms with Crippen LogP contribution in [0.4, 0.5) is 10.1 Å². The van der Waals surface area contributed by atoms with Gasteiger partial charge in [-0.25, -0.2) is 14.2 Å². The number of carboxylic acids is 1. The van der Waals surface area contributed by atoms with Crippen LogP contribution in [0.1, 0.15) is 16.1 Å². The number of nitrogens with one attached hydrogen (secondary N) is 1. The number of halogens is 1. The molecule has 7 nitrogen and oxygen atoms in total. The van der Waals surface area contributed by atoms with Crippen molar-refractivity contribution in [2.24, 2.45) is 0 Å². The van der Waals surface area contributed by atoms with E-state index in [0.29, 0.717) is 11.3 Å². The second-order valence-corrected chi connectivity index (χ2v) is 6.17. The van der Waals surface area contributed by atoms with E-state index in [2.05, 4.69) is 5.43 Å². The maximum Gasteiger partial charge on any atom is 0.336 e. The Bertz CT molecular complexity index is 1160. The molecule has 4 rings (SSSR count). The Morgan fingerprint density at radius 1 is 1.03 bits per heavy atom. The molecule has 0 unspecified atom stereocenters. The van der Waals surface area contributed by atoms with Gasteiger partial charge in [-0.3, -0.25) is 15.0 Å². The number of carbonyl (C=O) groups is 3. The number of amides is 2. The second kappa shape index (κ2) is 7.08. The summed E-state index contributed by atoms with van der Waals surface area (Å²) in [7, 11) is 0. The Labute approximate surface area is 163 Å². The fourth-order valence-corrected chi connectivity index (χ4v) is 2.93. The summed E-state index contributed by atoms with van der Waals surface area (Å²) in [5.74, 6) is -2.33. The van der Waals surface area contributed by atoms with Crippen LogP contribution in [0.25, 0.3) is 17.4 Å². The fourth-order valence-electron chi connectivity index (χ4n) is 2.93. The van der Waals surface area contributed by atoms with E-state index >= 15 is 0 Å². The molecule has 0 bridgehead atoms. The second-order valence-electron chi connectivity index (χ2n) is 6.17. The SMILES string of the molecule is O=C1NN(c2ccc(F)cc2)C(=O)C1=Cc1ccc(-c2ccccc2C(=O)O)o1. The molecule has 2 amide bonds. The number of hydrazine groups is 1. The van der Waals surface area contributed by atoms with Gasteiger partial charge in [0.2, 0.25) is 0 Å². The normalized spacial score (nSPS) is 15.1. The van der Waals surface area contributed by atoms with Crippen LogP contribution in [0.15, 0.2) is 70.7 Å². The number of anilines is 1. The first-order valence-electron chi connectivity index (χ1n) is 8.49. The van der Waals surface area contributed by atoms with Crippen molar-refractivity contribution in [3.05, 3.63) is 83.4 Å². The van der Waals surface area contributed by atoms with E-state index < -0.39 is 23.6 Å². The highest BCUT2D eigenvalue weighted by Gasteiger charge is 2.34. The Hall–Kier alpha value is -4.20. The Kier molecular flexibility index (Phi) is 4.44. The standard InChI is InChI=1S/C21H13FN2O5/c22-12-5-7-13(8-6-12)24-20(26)17(19(25)23-24)11-14-9-10-18(29-14)15-3-1-2-4-16(15)21(27)28/h1-11H,(H,23,25)(H,27,28). The van der Waals surface area contributed by atoms with Gasteiger partial charge in [0.1, 0.15) is 22.9 Å². The summed E-state index contributed by atoms with van der Waals surface area (Å²) in [6.45, 7) is 0. The molecule has 1 aliphatic heterocycles. The highest BCUT2D eigenvalue weighted by molar-refractivity contribution is 6.31. The molecular formula is C21H13FN2O5. The zero-order chi connectivity index (χ0) is 20.5. The van der Waals surface area contributed by atoms with E-state index in [-0.39, 0.29) is 22.7 Å². The van der Waals surface area contributed by atoms with Gasteiger partial charge in [0.25, 0.3) is 11.8 Å². The molecule has 0 aliphatic carbocycles. The third-order valence-electron chi connectivity index (χ3n) is 4.31. The number of carbonyl (C=O) groups excluding carboxylic acids is 2. The van der Waals surface area contributed by atoms with Crippen molar-refractivity contribution in [1.29, 1.82) is 0 Å². The molecular weight excluding hydrogens is 379 g/mol. The van der Waals surface area contributed by atoms with Crippen LogP contribution in [-0.2, 0) is 9.59 Å². The van der Waals surface area contributed by atoms with Gasteiger partial charge in [0, 0.05) is 5.56 Å². The summed E-state index contributed by atoms with van der Waals surface area (Å²) in [6.07, 6.45) is 1.27. The molecule has 29 heavy (non-hydrogen) atoms. The molecule has 8 heteroatoms. The van der Waals surface area contributed by atoms with Crippen molar-refractivity contribution in [2.45, 2.75) is 0 Å². The van der Waals surface area contributed by atoms with Crippen LogP contribution in [0.3, 0.4) is 0 Å². The number of furan rings is 1. The number of rotatable bonds is 4. The van der Waals surface area contributed by atoms with Crippen molar-refractivity contribution in [2.75, 3.05) is 5.01 Å². The topological polar surface area (TPSA) is 99.9 Å². The highest BCUT2D eigenvalue weighted by atomic mass is 19.1. The Morgan fingerprint density at radius 3 is 2.48 bits per heavy atom. The molecule has 2 N–H and O–H groups in total. The third-order valence-corrected chi connectivity index (χ3v) is 4.31. The van der Waals surface area contributed by atoms with Gasteiger partial charge in [-0.2, -0.15) is 0 Å². The molecule has 1 fully saturated rings. The largest absolute Gasteiger partial charge is 0.478 e. The summed E-state index contributed by atoms with van der Waals surface area (Å²) in [5, 5.41) is 10.3. The monoisotopic (exact) mass is 392 g/mol. The Morgan fingerprint density at radius 2 is 1.76 bits per heavy atom. The van der Waals surface area contributed by atoms with Gasteiger partial charge >= 0.3 is 5.97 Å². The maximum absolute atomic E-state index is 13.1. The first-order chi connectivity index (χ1) is 13.9. The number of carboxylic acid groups (broad SMARTS) is 1. The summed E-state index contributed by atoms with van der Waals surface area (Å²) >= 11 is 0. The van der Waals surface area contributed by atoms with E-state index in [0.717, 1.165) is 5.01 Å². The first kappa shape index (κ1) is 18.2. The minimum atomic E-state index is -1.10. The van der Waals surface area contributed by atoms with Gasteiger partial charge in [-0.1, -0.05) is 18.2 Å². The molecule has 144 valence electrons. The lowest BCUT2D eigenvalue weighted by Crippen LogP contribution is -2.35. The van der Waals surface area contributed by atoms with Crippen LogP contribution in [-0.4, -0.2) is 22.9 Å². The van der Waals surface area contributed by atoms with Crippen LogP contribution in [0.5, 0.6) is 0 Å². The van der Waals surface area contributed by atoms with Crippen molar-refractivity contribution >= 4 is 29.5 Å². The third kappa shape index (κ3) is 3.39. The fraction of sp³-hybridized carbons (Fsp3) is 0. The quantitative estimate of drug-likeness (QED) is 0.525. The molecule has 1 saturated heterocycles. The molecule has 3 aromatic rings. The molecule has 1 aromatic heterocycles. The zero-order valence-corrected chi connectivity index (χ0v) is 14.8. The van der Waals surface area contributed by atoms with Gasteiger partial charge in [-0.15, -0.1) is 0 Å². The van der Waals surface area contributed by atoms with Gasteiger partial charge < -0.3 is 9.52 Å². The molecule has 1 aliphatic rings. The zero-order valence-electron chi connectivity index (χ0n) is 14.8. The molecule has 2 heterocycles. The summed E-state index contributed by atoms with van der Waals surface area (Å²) in [4.78, 5) is 36.2. The molecule has 0 radical (unpaired) electrons. The minimum absolute atomic E-state index is 0.0678. The lowest BCUT2D eigenvalue weighted by molar-refractivity contribution is -0.117. The minimum Gasteiger partial charge on any atom is -0.478 e. The summed E-state index contributed by atoms with van der Waals surface area (Å²) < 4.78 is 18.7. The van der Waals surface area contributed by atoms with Crippen LogP contribution < -0.4 is 10.4 Å².